The highest BCUT2D eigenvalue weighted by molar-refractivity contribution is 6.14. The number of aryl methyl sites for hydroxylation is 2. The number of ether oxygens (including phenoxy) is 2. The molecule has 1 fully saturated rings. The van der Waals surface area contributed by atoms with Crippen molar-refractivity contribution in [2.24, 2.45) is 4.99 Å². The van der Waals surface area contributed by atoms with Gasteiger partial charge in [-0.25, -0.2) is 4.79 Å². The third-order valence-electron chi connectivity index (χ3n) is 7.82. The van der Waals surface area contributed by atoms with E-state index in [4.69, 9.17) is 14.5 Å². The molecule has 1 heterocycles. The number of benzene rings is 3. The molecule has 1 saturated carbocycles. The number of hydrogen-bond donors (Lipinski definition) is 0. The van der Waals surface area contributed by atoms with Crippen molar-refractivity contribution in [3.63, 3.8) is 0 Å². The Morgan fingerprint density at radius 3 is 2.06 bits per heavy atom. The van der Waals surface area contributed by atoms with Crippen molar-refractivity contribution >= 4 is 18.0 Å². The summed E-state index contributed by atoms with van der Waals surface area (Å²) in [5, 5.41) is 0. The zero-order valence-electron chi connectivity index (χ0n) is 21.2. The summed E-state index contributed by atoms with van der Waals surface area (Å²) >= 11 is 0. The summed E-state index contributed by atoms with van der Waals surface area (Å²) in [6, 6.07) is 23.7. The largest absolute Gasteiger partial charge is 0.497 e. The Kier molecular flexibility index (Phi) is 6.03. The maximum absolute atomic E-state index is 14.3. The average Bonchev–Trinajstić information content (AvgIpc) is 3.20. The van der Waals surface area contributed by atoms with Crippen LogP contribution in [0.1, 0.15) is 53.0 Å². The molecule has 5 rings (SSSR count). The van der Waals surface area contributed by atoms with Crippen LogP contribution >= 0.6 is 0 Å². The lowest BCUT2D eigenvalue weighted by Gasteiger charge is -2.48. The van der Waals surface area contributed by atoms with Gasteiger partial charge in [0.25, 0.3) is 0 Å². The molecule has 184 valence electrons. The number of ketones is 1. The first-order valence-electron chi connectivity index (χ1n) is 12.4. The Labute approximate surface area is 212 Å². The molecule has 0 radical (unpaired) electrons. The fourth-order valence-corrected chi connectivity index (χ4v) is 6.01. The first-order chi connectivity index (χ1) is 17.4. The molecule has 0 amide bonds. The zero-order chi connectivity index (χ0) is 25.5. The second kappa shape index (κ2) is 9.05. The van der Waals surface area contributed by atoms with E-state index < -0.39 is 22.8 Å². The van der Waals surface area contributed by atoms with Gasteiger partial charge in [-0.1, -0.05) is 71.8 Å². The van der Waals surface area contributed by atoms with Gasteiger partial charge in [0.15, 0.2) is 5.54 Å². The minimum Gasteiger partial charge on any atom is -0.497 e. The number of aliphatic imine (C=N–C) groups is 1. The molecule has 0 saturated heterocycles. The van der Waals surface area contributed by atoms with Gasteiger partial charge in [0.05, 0.1) is 19.1 Å². The number of Topliss-reactive ketones (excluding diaryl/α,β-unsaturated/α-hetero) is 1. The quantitative estimate of drug-likeness (QED) is 0.438. The molecular weight excluding hydrogens is 450 g/mol. The molecule has 1 aliphatic heterocycles. The summed E-state index contributed by atoms with van der Waals surface area (Å²) in [4.78, 5) is 33.3. The van der Waals surface area contributed by atoms with Crippen molar-refractivity contribution < 1.29 is 19.1 Å². The van der Waals surface area contributed by atoms with Crippen LogP contribution in [0, 0.1) is 13.8 Å². The van der Waals surface area contributed by atoms with E-state index in [-0.39, 0.29) is 24.8 Å². The number of fused-ring (bicyclic) bond motifs is 2. The highest BCUT2D eigenvalue weighted by atomic mass is 16.5. The number of rotatable bonds is 6. The van der Waals surface area contributed by atoms with Crippen molar-refractivity contribution in [2.75, 3.05) is 13.7 Å². The van der Waals surface area contributed by atoms with Crippen LogP contribution in [0.5, 0.6) is 5.75 Å². The summed E-state index contributed by atoms with van der Waals surface area (Å²) in [6.45, 7) is 6.09. The van der Waals surface area contributed by atoms with E-state index in [1.807, 2.05) is 86.6 Å². The molecular formula is C31H31NO4. The van der Waals surface area contributed by atoms with Crippen molar-refractivity contribution in [1.29, 1.82) is 0 Å². The molecule has 4 atom stereocenters. The van der Waals surface area contributed by atoms with Gasteiger partial charge in [-0.2, -0.15) is 0 Å². The highest BCUT2D eigenvalue weighted by Gasteiger charge is 2.70. The third kappa shape index (κ3) is 3.48. The van der Waals surface area contributed by atoms with Crippen LogP contribution in [0.25, 0.3) is 0 Å². The Morgan fingerprint density at radius 2 is 1.50 bits per heavy atom. The molecule has 2 aliphatic rings. The van der Waals surface area contributed by atoms with Crippen LogP contribution in [-0.2, 0) is 19.7 Å². The van der Waals surface area contributed by atoms with Crippen molar-refractivity contribution in [3.8, 4) is 5.75 Å². The summed E-state index contributed by atoms with van der Waals surface area (Å²) in [7, 11) is 1.61. The molecule has 5 nitrogen and oxygen atoms in total. The second-order valence-corrected chi connectivity index (χ2v) is 9.84. The summed E-state index contributed by atoms with van der Waals surface area (Å²) in [6.07, 6.45) is 1.92. The minimum atomic E-state index is -1.27. The Hall–Kier alpha value is -3.73. The first kappa shape index (κ1) is 24.0. The van der Waals surface area contributed by atoms with E-state index in [0.29, 0.717) is 5.75 Å². The highest BCUT2D eigenvalue weighted by Crippen LogP contribution is 2.61. The van der Waals surface area contributed by atoms with E-state index in [9.17, 15) is 9.59 Å². The lowest BCUT2D eigenvalue weighted by molar-refractivity contribution is -0.153. The molecule has 3 aromatic carbocycles. The summed E-state index contributed by atoms with van der Waals surface area (Å²) in [5.74, 6) is -0.633. The maximum Gasteiger partial charge on any atom is 0.335 e. The number of nitrogens with zero attached hydrogens (tertiary/aromatic N) is 1. The van der Waals surface area contributed by atoms with Crippen LogP contribution in [0.3, 0.4) is 0 Å². The predicted octanol–water partition coefficient (Wildman–Crippen LogP) is 5.48. The number of carbonyl (C=O) groups excluding carboxylic acids is 2. The molecule has 2 bridgehead atoms. The molecule has 5 heteroatoms. The van der Waals surface area contributed by atoms with Gasteiger partial charge in [-0.15, -0.1) is 0 Å². The SMILES string of the molecule is CCOC(=O)[C@]12N=C[C@](c3ccc(OC)cc3)(C(=O)C[C@@H]1c1ccc(C)cc1)[C@@H]2c1ccc(C)cc1. The van der Waals surface area contributed by atoms with E-state index in [1.165, 1.54) is 0 Å². The van der Waals surface area contributed by atoms with Crippen LogP contribution in [0.2, 0.25) is 0 Å². The Bertz CT molecular complexity index is 1310. The molecule has 3 aromatic rings. The lowest BCUT2D eigenvalue weighted by Crippen LogP contribution is -2.59. The van der Waals surface area contributed by atoms with Gasteiger partial charge in [0, 0.05) is 24.5 Å². The van der Waals surface area contributed by atoms with E-state index in [0.717, 1.165) is 27.8 Å². The smallest absolute Gasteiger partial charge is 0.335 e. The summed E-state index contributed by atoms with van der Waals surface area (Å²) < 4.78 is 11.1. The van der Waals surface area contributed by atoms with Gasteiger partial charge >= 0.3 is 5.97 Å². The lowest BCUT2D eigenvalue weighted by atomic mass is 9.51. The predicted molar refractivity (Wildman–Crippen MR) is 140 cm³/mol. The van der Waals surface area contributed by atoms with E-state index in [2.05, 4.69) is 0 Å². The average molecular weight is 482 g/mol. The minimum absolute atomic E-state index is 0.0463. The number of hydrogen-bond acceptors (Lipinski definition) is 5. The zero-order valence-corrected chi connectivity index (χ0v) is 21.2. The van der Waals surface area contributed by atoms with Crippen LogP contribution in [-0.4, -0.2) is 37.2 Å². The third-order valence-corrected chi connectivity index (χ3v) is 7.82. The van der Waals surface area contributed by atoms with Crippen molar-refractivity contribution in [3.05, 3.63) is 101 Å². The van der Waals surface area contributed by atoms with Gasteiger partial charge in [-0.3, -0.25) is 9.79 Å². The monoisotopic (exact) mass is 481 g/mol. The van der Waals surface area contributed by atoms with E-state index >= 15 is 0 Å². The van der Waals surface area contributed by atoms with Gasteiger partial charge in [-0.05, 0) is 49.6 Å². The number of esters is 1. The van der Waals surface area contributed by atoms with Gasteiger partial charge < -0.3 is 9.47 Å². The standard InChI is InChI=1S/C31H31NO4/c1-5-36-29(34)31-26(22-10-6-20(2)7-11-22)18-27(33)30(19-32-31,24-14-16-25(35-4)17-15-24)28(31)23-12-8-21(3)9-13-23/h6-17,19,26,28H,5,18H2,1-4H3/t26-,28+,30+,31+/m1/s1. The van der Waals surface area contributed by atoms with Crippen LogP contribution in [0.4, 0.5) is 0 Å². The molecule has 1 aliphatic carbocycles. The first-order valence-corrected chi connectivity index (χ1v) is 12.4. The Balaban J connectivity index is 1.79. The fraction of sp³-hybridized carbons (Fsp3) is 0.323. The van der Waals surface area contributed by atoms with Crippen molar-refractivity contribution in [2.45, 2.75) is 50.0 Å². The Morgan fingerprint density at radius 1 is 0.917 bits per heavy atom. The maximum atomic E-state index is 14.3. The van der Waals surface area contributed by atoms with E-state index in [1.54, 1.807) is 20.2 Å². The molecule has 0 spiro atoms. The van der Waals surface area contributed by atoms with Crippen LogP contribution < -0.4 is 4.74 Å². The second-order valence-electron chi connectivity index (χ2n) is 9.84. The molecule has 0 N–H and O–H groups in total. The van der Waals surface area contributed by atoms with Crippen molar-refractivity contribution in [1.82, 2.24) is 0 Å². The molecule has 0 aromatic heterocycles. The number of carbonyl (C=O) groups is 2. The molecule has 36 heavy (non-hydrogen) atoms. The van der Waals surface area contributed by atoms with Gasteiger partial charge in [0.1, 0.15) is 11.5 Å². The van der Waals surface area contributed by atoms with Gasteiger partial charge in [0.2, 0.25) is 0 Å². The fourth-order valence-electron chi connectivity index (χ4n) is 6.01. The normalized spacial score (nSPS) is 26.6. The topological polar surface area (TPSA) is 65.0 Å². The molecule has 0 unspecified atom stereocenters. The van der Waals surface area contributed by atoms with Crippen LogP contribution in [0.15, 0.2) is 77.8 Å². The summed E-state index contributed by atoms with van der Waals surface area (Å²) in [5.41, 5.74) is 2.48. The number of methoxy groups -OCH3 is 1.